The van der Waals surface area contributed by atoms with Crippen LogP contribution >= 0.6 is 0 Å². The Morgan fingerprint density at radius 2 is 1.93 bits per heavy atom. The standard InChI is InChI=1S/C29H36N2O9/c1-27-10-8-20(32)12-17(27)6-7-21-22-9-11-29(36,28(22,2)14-23(33)26(21)27)24(34)16-39-25(35)13-18-4-3-5-19(30-18)15-40-31(37)38/h3-5,8,10,12,21-23,26,33,36-38H,6-7,9,11,13-16H2,1-2H3/t21?,22?,23-,26?,27-,28-,29-/m0/s1. The molecule has 3 unspecified atom stereocenters. The second kappa shape index (κ2) is 10.6. The molecule has 4 aliphatic rings. The zero-order chi connectivity index (χ0) is 28.9. The molecule has 1 aromatic heterocycles. The monoisotopic (exact) mass is 556 g/mol. The minimum absolute atomic E-state index is 0.00196. The predicted octanol–water partition coefficient (Wildman–Crippen LogP) is 2.26. The van der Waals surface area contributed by atoms with Gasteiger partial charge in [0, 0.05) is 16.7 Å². The maximum Gasteiger partial charge on any atom is 0.312 e. The Morgan fingerprint density at radius 1 is 1.18 bits per heavy atom. The van der Waals surface area contributed by atoms with Gasteiger partial charge in [-0.1, -0.05) is 31.6 Å². The van der Waals surface area contributed by atoms with Gasteiger partial charge in [0.1, 0.15) is 12.2 Å². The summed E-state index contributed by atoms with van der Waals surface area (Å²) in [7, 11) is 0. The summed E-state index contributed by atoms with van der Waals surface area (Å²) in [6.07, 6.45) is 6.77. The van der Waals surface area contributed by atoms with Gasteiger partial charge >= 0.3 is 5.97 Å². The number of ether oxygens (including phenoxy) is 1. The number of rotatable bonds is 8. The lowest BCUT2D eigenvalue weighted by Crippen LogP contribution is -2.61. The van der Waals surface area contributed by atoms with Gasteiger partial charge in [-0.15, -0.1) is 0 Å². The normalized spacial score (nSPS) is 36.5. The second-order valence-electron chi connectivity index (χ2n) is 12.0. The Hall–Kier alpha value is -2.80. The highest BCUT2D eigenvalue weighted by atomic mass is 17.1. The highest BCUT2D eigenvalue weighted by molar-refractivity contribution is 6.01. The number of ketones is 2. The molecule has 0 aromatic carbocycles. The lowest BCUT2D eigenvalue weighted by atomic mass is 9.46. The molecular weight excluding hydrogens is 520 g/mol. The number of carbonyl (C=O) groups is 3. The number of hydrogen-bond acceptors (Lipinski definition) is 11. The summed E-state index contributed by atoms with van der Waals surface area (Å²) in [4.78, 5) is 46.7. The van der Waals surface area contributed by atoms with Crippen molar-refractivity contribution in [2.24, 2.45) is 28.6 Å². The highest BCUT2D eigenvalue weighted by Crippen LogP contribution is 2.67. The first kappa shape index (κ1) is 28.7. The Bertz CT molecular complexity index is 1260. The van der Waals surface area contributed by atoms with E-state index in [1.165, 1.54) is 0 Å². The summed E-state index contributed by atoms with van der Waals surface area (Å²) in [6.45, 7) is 3.11. The van der Waals surface area contributed by atoms with Crippen molar-refractivity contribution in [2.75, 3.05) is 6.61 Å². The van der Waals surface area contributed by atoms with E-state index in [9.17, 15) is 24.6 Å². The molecule has 11 heteroatoms. The average molecular weight is 557 g/mol. The van der Waals surface area contributed by atoms with E-state index in [0.717, 1.165) is 18.4 Å². The van der Waals surface area contributed by atoms with Gasteiger partial charge in [0.25, 0.3) is 0 Å². The van der Waals surface area contributed by atoms with Gasteiger partial charge in [0.15, 0.2) is 12.4 Å². The second-order valence-corrected chi connectivity index (χ2v) is 12.0. The van der Waals surface area contributed by atoms with E-state index in [1.807, 2.05) is 13.0 Å². The van der Waals surface area contributed by atoms with Crippen molar-refractivity contribution in [1.29, 1.82) is 0 Å². The molecule has 4 aliphatic carbocycles. The SMILES string of the molecule is C[C@]12C=CC(=O)C=C1CCC1C2[C@@H](O)C[C@@]2(C)C1CC[C@]2(O)C(=O)COC(=O)Cc1cccc(CON(O)O)n1. The van der Waals surface area contributed by atoms with Gasteiger partial charge in [-0.25, -0.2) is 4.84 Å². The summed E-state index contributed by atoms with van der Waals surface area (Å²) < 4.78 is 5.26. The number of carbonyl (C=O) groups excluding carboxylic acids is 3. The van der Waals surface area contributed by atoms with Gasteiger partial charge in [-0.05, 0) is 68.2 Å². The number of hydrogen-bond donors (Lipinski definition) is 4. The van der Waals surface area contributed by atoms with Crippen LogP contribution in [0.1, 0.15) is 57.3 Å². The smallest absolute Gasteiger partial charge is 0.312 e. The topological polar surface area (TPSA) is 167 Å². The molecule has 7 atom stereocenters. The predicted molar refractivity (Wildman–Crippen MR) is 137 cm³/mol. The number of esters is 1. The van der Waals surface area contributed by atoms with Crippen molar-refractivity contribution in [2.45, 2.75) is 70.7 Å². The van der Waals surface area contributed by atoms with Crippen molar-refractivity contribution >= 4 is 17.5 Å². The molecule has 5 rings (SSSR count). The number of Topliss-reactive ketones (excluding diaryl/α,β-unsaturated/α-hetero) is 1. The average Bonchev–Trinajstić information content (AvgIpc) is 3.17. The third-order valence-electron chi connectivity index (χ3n) is 9.99. The fraction of sp³-hybridized carbons (Fsp3) is 0.586. The zero-order valence-corrected chi connectivity index (χ0v) is 22.7. The molecule has 216 valence electrons. The number of fused-ring (bicyclic) bond motifs is 5. The first-order chi connectivity index (χ1) is 18.9. The summed E-state index contributed by atoms with van der Waals surface area (Å²) in [5, 5.41) is 40.2. The number of aliphatic hydroxyl groups excluding tert-OH is 1. The van der Waals surface area contributed by atoms with Crippen LogP contribution in [0.25, 0.3) is 0 Å². The number of aliphatic hydroxyl groups is 2. The van der Waals surface area contributed by atoms with Crippen LogP contribution in [0.3, 0.4) is 0 Å². The van der Waals surface area contributed by atoms with Crippen LogP contribution in [0.15, 0.2) is 42.0 Å². The first-order valence-electron chi connectivity index (χ1n) is 13.7. The maximum absolute atomic E-state index is 13.4. The highest BCUT2D eigenvalue weighted by Gasteiger charge is 2.68. The molecule has 11 nitrogen and oxygen atoms in total. The minimum Gasteiger partial charge on any atom is -0.457 e. The van der Waals surface area contributed by atoms with E-state index in [4.69, 9.17) is 15.2 Å². The lowest BCUT2D eigenvalue weighted by Gasteiger charge is -2.59. The third-order valence-corrected chi connectivity index (χ3v) is 9.99. The Kier molecular flexibility index (Phi) is 7.58. The van der Waals surface area contributed by atoms with Crippen molar-refractivity contribution in [3.63, 3.8) is 0 Å². The van der Waals surface area contributed by atoms with E-state index in [1.54, 1.807) is 30.4 Å². The van der Waals surface area contributed by atoms with Crippen LogP contribution in [0.4, 0.5) is 0 Å². The summed E-state index contributed by atoms with van der Waals surface area (Å²) >= 11 is 0. The molecule has 0 radical (unpaired) electrons. The van der Waals surface area contributed by atoms with Gasteiger partial charge in [-0.2, -0.15) is 0 Å². The fourth-order valence-corrected chi connectivity index (χ4v) is 8.08. The first-order valence-corrected chi connectivity index (χ1v) is 13.7. The van der Waals surface area contributed by atoms with Crippen molar-refractivity contribution < 1.29 is 44.6 Å². The fourth-order valence-electron chi connectivity index (χ4n) is 8.08. The van der Waals surface area contributed by atoms with Gasteiger partial charge in [-0.3, -0.25) is 29.8 Å². The Balaban J connectivity index is 1.25. The van der Waals surface area contributed by atoms with Crippen LogP contribution in [0.2, 0.25) is 0 Å². The molecule has 1 heterocycles. The lowest BCUT2D eigenvalue weighted by molar-refractivity contribution is -0.497. The van der Waals surface area contributed by atoms with E-state index in [0.29, 0.717) is 17.8 Å². The third kappa shape index (κ3) is 4.84. The van der Waals surface area contributed by atoms with E-state index < -0.39 is 46.3 Å². The van der Waals surface area contributed by atoms with Crippen LogP contribution in [-0.4, -0.2) is 66.8 Å². The van der Waals surface area contributed by atoms with Crippen molar-refractivity contribution in [1.82, 2.24) is 10.4 Å². The van der Waals surface area contributed by atoms with Crippen LogP contribution < -0.4 is 0 Å². The van der Waals surface area contributed by atoms with E-state index in [2.05, 4.69) is 16.7 Å². The molecule has 0 aliphatic heterocycles. The molecule has 3 saturated carbocycles. The Morgan fingerprint density at radius 3 is 2.67 bits per heavy atom. The molecule has 0 saturated heterocycles. The Labute approximate surface area is 232 Å². The maximum atomic E-state index is 13.4. The quantitative estimate of drug-likeness (QED) is 0.274. The molecule has 0 amide bonds. The largest absolute Gasteiger partial charge is 0.457 e. The number of nitrogens with zero attached hydrogens (tertiary/aromatic N) is 2. The molecule has 4 N–H and O–H groups in total. The van der Waals surface area contributed by atoms with Crippen LogP contribution in [0.5, 0.6) is 0 Å². The zero-order valence-electron chi connectivity index (χ0n) is 22.7. The van der Waals surface area contributed by atoms with Gasteiger partial charge in [0.2, 0.25) is 5.78 Å². The number of aromatic nitrogens is 1. The molecule has 0 bridgehead atoms. The van der Waals surface area contributed by atoms with E-state index in [-0.39, 0.29) is 49.4 Å². The summed E-state index contributed by atoms with van der Waals surface area (Å²) in [5.41, 5.74) is -1.34. The molecule has 40 heavy (non-hydrogen) atoms. The summed E-state index contributed by atoms with van der Waals surface area (Å²) in [5.74, 6) is -1.36. The number of pyridine rings is 1. The van der Waals surface area contributed by atoms with Crippen LogP contribution in [-0.2, 0) is 37.0 Å². The molecular formula is C29H36N2O9. The van der Waals surface area contributed by atoms with Crippen LogP contribution in [0, 0.1) is 28.6 Å². The minimum atomic E-state index is -1.74. The summed E-state index contributed by atoms with van der Waals surface area (Å²) in [6, 6.07) is 4.78. The van der Waals surface area contributed by atoms with Crippen molar-refractivity contribution in [3.8, 4) is 0 Å². The molecule has 0 spiro atoms. The van der Waals surface area contributed by atoms with Crippen molar-refractivity contribution in [3.05, 3.63) is 53.4 Å². The number of allylic oxidation sites excluding steroid dienone is 4. The van der Waals surface area contributed by atoms with Gasteiger partial charge in [0.05, 0.1) is 29.3 Å². The molecule has 1 aromatic rings. The molecule has 3 fully saturated rings. The van der Waals surface area contributed by atoms with Gasteiger partial charge < -0.3 is 14.9 Å². The van der Waals surface area contributed by atoms with E-state index >= 15 is 0 Å².